The van der Waals surface area contributed by atoms with E-state index in [1.54, 1.807) is 0 Å². The third-order valence-corrected chi connectivity index (χ3v) is 8.40. The number of carbonyl (C=O) groups is 1. The number of nitrogens with zero attached hydrogens (tertiary/aromatic N) is 5. The highest BCUT2D eigenvalue weighted by atomic mass is 79.9. The molecule has 0 saturated carbocycles. The van der Waals surface area contributed by atoms with Gasteiger partial charge in [-0.2, -0.15) is 0 Å². The van der Waals surface area contributed by atoms with Gasteiger partial charge in [0.1, 0.15) is 5.82 Å². The molecule has 4 aromatic rings. The van der Waals surface area contributed by atoms with E-state index in [1.165, 1.54) is 11.3 Å². The number of piperazine rings is 1. The van der Waals surface area contributed by atoms with Crippen LogP contribution in [-0.2, 0) is 11.3 Å². The van der Waals surface area contributed by atoms with Crippen molar-refractivity contribution < 1.29 is 4.79 Å². The van der Waals surface area contributed by atoms with E-state index in [2.05, 4.69) is 103 Å². The SMILES string of the molecule is Cc1ccc(N2CCN(C(=O)[C@H]3CCCN(Cc4nc5ccccc5n4-c4cccc(Br)c4)C3)CC2)cc1. The van der Waals surface area contributed by atoms with Crippen LogP contribution in [0.3, 0.4) is 0 Å². The van der Waals surface area contributed by atoms with Crippen LogP contribution in [0.2, 0.25) is 0 Å². The number of piperidine rings is 1. The predicted molar refractivity (Wildman–Crippen MR) is 157 cm³/mol. The van der Waals surface area contributed by atoms with Crippen LogP contribution >= 0.6 is 15.9 Å². The fourth-order valence-corrected chi connectivity index (χ4v) is 6.27. The number of likely N-dealkylation sites (tertiary alicyclic amines) is 1. The summed E-state index contributed by atoms with van der Waals surface area (Å²) in [6.07, 6.45) is 2.01. The summed E-state index contributed by atoms with van der Waals surface area (Å²) < 4.78 is 3.31. The van der Waals surface area contributed by atoms with Crippen molar-refractivity contribution in [1.82, 2.24) is 19.4 Å². The van der Waals surface area contributed by atoms with Gasteiger partial charge in [-0.15, -0.1) is 0 Å². The van der Waals surface area contributed by atoms with Gasteiger partial charge in [-0.1, -0.05) is 51.8 Å². The van der Waals surface area contributed by atoms with E-state index in [0.717, 1.165) is 85.7 Å². The minimum absolute atomic E-state index is 0.0540. The number of para-hydroxylation sites is 2. The van der Waals surface area contributed by atoms with Crippen molar-refractivity contribution >= 4 is 38.6 Å². The van der Waals surface area contributed by atoms with Gasteiger partial charge in [-0.3, -0.25) is 14.3 Å². The Hall–Kier alpha value is -3.16. The maximum Gasteiger partial charge on any atom is 0.227 e. The number of aryl methyl sites for hydroxylation is 1. The van der Waals surface area contributed by atoms with E-state index in [0.29, 0.717) is 5.91 Å². The molecule has 0 radical (unpaired) electrons. The summed E-state index contributed by atoms with van der Waals surface area (Å²) >= 11 is 3.63. The van der Waals surface area contributed by atoms with Crippen molar-refractivity contribution in [3.05, 3.63) is 88.7 Å². The fraction of sp³-hybridized carbons (Fsp3) is 0.355. The fourth-order valence-electron chi connectivity index (χ4n) is 5.88. The highest BCUT2D eigenvalue weighted by Crippen LogP contribution is 2.27. The number of imidazole rings is 1. The van der Waals surface area contributed by atoms with Crippen LogP contribution < -0.4 is 4.90 Å². The van der Waals surface area contributed by atoms with E-state index < -0.39 is 0 Å². The Morgan fingerprint density at radius 2 is 1.71 bits per heavy atom. The summed E-state index contributed by atoms with van der Waals surface area (Å²) in [5, 5.41) is 0. The molecule has 0 bridgehead atoms. The summed E-state index contributed by atoms with van der Waals surface area (Å²) in [5.41, 5.74) is 5.73. The van der Waals surface area contributed by atoms with Gasteiger partial charge < -0.3 is 9.80 Å². The zero-order valence-electron chi connectivity index (χ0n) is 21.9. The Morgan fingerprint density at radius 1 is 0.921 bits per heavy atom. The number of benzene rings is 3. The molecule has 1 amide bonds. The second-order valence-electron chi connectivity index (χ2n) is 10.6. The molecule has 7 heteroatoms. The summed E-state index contributed by atoms with van der Waals surface area (Å²) in [7, 11) is 0. The number of amides is 1. The molecule has 0 unspecified atom stereocenters. The topological polar surface area (TPSA) is 44.6 Å². The van der Waals surface area contributed by atoms with Crippen LogP contribution in [0.25, 0.3) is 16.7 Å². The van der Waals surface area contributed by atoms with Gasteiger partial charge >= 0.3 is 0 Å². The normalized spacial score (nSPS) is 18.7. The molecule has 38 heavy (non-hydrogen) atoms. The molecule has 0 N–H and O–H groups in total. The molecule has 2 fully saturated rings. The van der Waals surface area contributed by atoms with Crippen LogP contribution in [-0.4, -0.2) is 64.5 Å². The second-order valence-corrected chi connectivity index (χ2v) is 11.5. The Kier molecular flexibility index (Phi) is 7.22. The first-order valence-electron chi connectivity index (χ1n) is 13.6. The number of carbonyl (C=O) groups excluding carboxylic acids is 1. The number of halogens is 1. The molecule has 6 rings (SSSR count). The van der Waals surface area contributed by atoms with Crippen LogP contribution in [0, 0.1) is 12.8 Å². The first kappa shape index (κ1) is 25.1. The third-order valence-electron chi connectivity index (χ3n) is 7.91. The van der Waals surface area contributed by atoms with Gasteiger partial charge in [0.05, 0.1) is 23.5 Å². The Bertz CT molecular complexity index is 1420. The van der Waals surface area contributed by atoms with Gasteiger partial charge in [0, 0.05) is 48.6 Å². The predicted octanol–water partition coefficient (Wildman–Crippen LogP) is 5.66. The number of hydrogen-bond donors (Lipinski definition) is 0. The molecule has 1 atom stereocenters. The zero-order chi connectivity index (χ0) is 26.1. The largest absolute Gasteiger partial charge is 0.368 e. The molecule has 2 saturated heterocycles. The van der Waals surface area contributed by atoms with Crippen LogP contribution in [0.15, 0.2) is 77.3 Å². The lowest BCUT2D eigenvalue weighted by Crippen LogP contribution is -2.52. The van der Waals surface area contributed by atoms with Gasteiger partial charge in [0.25, 0.3) is 0 Å². The van der Waals surface area contributed by atoms with Gasteiger partial charge in [-0.05, 0) is 68.8 Å². The van der Waals surface area contributed by atoms with Crippen LogP contribution in [0.5, 0.6) is 0 Å². The summed E-state index contributed by atoms with van der Waals surface area (Å²) in [4.78, 5) is 25.5. The summed E-state index contributed by atoms with van der Waals surface area (Å²) in [6.45, 7) is 8.00. The molecule has 3 aromatic carbocycles. The average Bonchev–Trinajstić information content (AvgIpc) is 3.31. The highest BCUT2D eigenvalue weighted by molar-refractivity contribution is 9.10. The van der Waals surface area contributed by atoms with Crippen molar-refractivity contribution in [3.8, 4) is 5.69 Å². The first-order chi connectivity index (χ1) is 18.5. The maximum atomic E-state index is 13.6. The lowest BCUT2D eigenvalue weighted by Gasteiger charge is -2.39. The molecule has 1 aromatic heterocycles. The van der Waals surface area contributed by atoms with E-state index >= 15 is 0 Å². The third kappa shape index (κ3) is 5.22. The summed E-state index contributed by atoms with van der Waals surface area (Å²) in [5.74, 6) is 1.39. The molecule has 196 valence electrons. The standard InChI is InChI=1S/C31H34BrN5O/c1-23-11-13-26(14-12-23)35-16-18-36(19-17-35)31(38)24-6-5-15-34(21-24)22-30-33-28-9-2-3-10-29(28)37(30)27-8-4-7-25(32)20-27/h2-4,7-14,20,24H,5-6,15-19,21-22H2,1H3/t24-/m0/s1. The zero-order valence-corrected chi connectivity index (χ0v) is 23.5. The molecule has 0 spiro atoms. The van der Waals surface area contributed by atoms with Gasteiger partial charge in [-0.25, -0.2) is 4.98 Å². The number of fused-ring (bicyclic) bond motifs is 1. The van der Waals surface area contributed by atoms with Crippen LogP contribution in [0.4, 0.5) is 5.69 Å². The maximum absolute atomic E-state index is 13.6. The molecule has 3 heterocycles. The molecular formula is C31H34BrN5O. The Morgan fingerprint density at radius 3 is 2.50 bits per heavy atom. The Labute approximate surface area is 233 Å². The van der Waals surface area contributed by atoms with Gasteiger partial charge in [0.2, 0.25) is 5.91 Å². The van der Waals surface area contributed by atoms with E-state index in [1.807, 2.05) is 12.1 Å². The molecule has 0 aliphatic carbocycles. The Balaban J connectivity index is 1.14. The van der Waals surface area contributed by atoms with Crippen molar-refractivity contribution in [1.29, 1.82) is 0 Å². The van der Waals surface area contributed by atoms with Crippen molar-refractivity contribution in [2.24, 2.45) is 5.92 Å². The molecule has 2 aliphatic rings. The van der Waals surface area contributed by atoms with Crippen molar-refractivity contribution in [2.45, 2.75) is 26.3 Å². The number of hydrogen-bond acceptors (Lipinski definition) is 4. The lowest BCUT2D eigenvalue weighted by molar-refractivity contribution is -0.137. The lowest BCUT2D eigenvalue weighted by atomic mass is 9.96. The quantitative estimate of drug-likeness (QED) is 0.310. The second kappa shape index (κ2) is 10.9. The van der Waals surface area contributed by atoms with Gasteiger partial charge in [0.15, 0.2) is 0 Å². The van der Waals surface area contributed by atoms with Crippen LogP contribution in [0.1, 0.15) is 24.2 Å². The minimum atomic E-state index is 0.0540. The van der Waals surface area contributed by atoms with Crippen molar-refractivity contribution in [3.63, 3.8) is 0 Å². The minimum Gasteiger partial charge on any atom is -0.368 e. The van der Waals surface area contributed by atoms with E-state index in [-0.39, 0.29) is 5.92 Å². The van der Waals surface area contributed by atoms with Crippen molar-refractivity contribution in [2.75, 3.05) is 44.2 Å². The number of aromatic nitrogens is 2. The molecule has 6 nitrogen and oxygen atoms in total. The first-order valence-corrected chi connectivity index (χ1v) is 14.4. The number of anilines is 1. The smallest absolute Gasteiger partial charge is 0.227 e. The van der Waals surface area contributed by atoms with E-state index in [4.69, 9.17) is 4.98 Å². The number of rotatable bonds is 5. The average molecular weight is 573 g/mol. The summed E-state index contributed by atoms with van der Waals surface area (Å²) in [6, 6.07) is 25.4. The van der Waals surface area contributed by atoms with E-state index in [9.17, 15) is 4.79 Å². The molecule has 2 aliphatic heterocycles. The highest BCUT2D eigenvalue weighted by Gasteiger charge is 2.31. The monoisotopic (exact) mass is 571 g/mol. The molecular weight excluding hydrogens is 538 g/mol.